The van der Waals surface area contributed by atoms with E-state index in [4.69, 9.17) is 0 Å². The monoisotopic (exact) mass is 316 g/mol. The summed E-state index contributed by atoms with van der Waals surface area (Å²) in [6.07, 6.45) is 1.33. The van der Waals surface area contributed by atoms with Gasteiger partial charge >= 0.3 is 5.69 Å². The van der Waals surface area contributed by atoms with Crippen LogP contribution in [-0.2, 0) is 0 Å². The number of hydrogen-bond donors (Lipinski definition) is 1. The van der Waals surface area contributed by atoms with Crippen LogP contribution in [0.25, 0.3) is 0 Å². The molecule has 9 nitrogen and oxygen atoms in total. The van der Waals surface area contributed by atoms with Crippen molar-refractivity contribution in [3.05, 3.63) is 68.3 Å². The lowest BCUT2D eigenvalue weighted by Crippen LogP contribution is -2.11. The van der Waals surface area contributed by atoms with Gasteiger partial charge in [0, 0.05) is 18.7 Å². The molecular weight excluding hydrogens is 304 g/mol. The van der Waals surface area contributed by atoms with Gasteiger partial charge in [0.1, 0.15) is 11.4 Å². The van der Waals surface area contributed by atoms with Crippen molar-refractivity contribution in [1.82, 2.24) is 0 Å². The average molecular weight is 316 g/mol. The predicted octanol–water partition coefficient (Wildman–Crippen LogP) is 2.68. The molecule has 2 aromatic rings. The zero-order valence-electron chi connectivity index (χ0n) is 12.0. The second-order valence-corrected chi connectivity index (χ2v) is 4.51. The van der Waals surface area contributed by atoms with Crippen molar-refractivity contribution in [1.29, 1.82) is 0 Å². The van der Waals surface area contributed by atoms with Crippen molar-refractivity contribution in [2.45, 2.75) is 0 Å². The Bertz CT molecular complexity index is 790. The summed E-state index contributed by atoms with van der Waals surface area (Å²) in [5.41, 5.74) is -0.286. The van der Waals surface area contributed by atoms with E-state index in [-0.39, 0.29) is 17.1 Å². The summed E-state index contributed by atoms with van der Waals surface area (Å²) in [4.78, 5) is 20.4. The fraction of sp³-hybridized carbons (Fsp3) is 0.0714. The quantitative estimate of drug-likeness (QED) is 0.514. The minimum Gasteiger partial charge on any atom is -0.507 e. The van der Waals surface area contributed by atoms with Crippen LogP contribution in [0.15, 0.2) is 47.6 Å². The first-order valence-corrected chi connectivity index (χ1v) is 6.38. The molecule has 0 amide bonds. The number of phenolic OH excluding ortho intramolecular Hbond substituents is 1. The van der Waals surface area contributed by atoms with Crippen LogP contribution in [-0.4, -0.2) is 28.2 Å². The number of rotatable bonds is 5. The van der Waals surface area contributed by atoms with Crippen molar-refractivity contribution in [2.24, 2.45) is 5.10 Å². The highest BCUT2D eigenvalue weighted by molar-refractivity contribution is 5.84. The number of nitro benzene ring substituents is 2. The molecule has 0 aliphatic heterocycles. The fourth-order valence-electron chi connectivity index (χ4n) is 1.85. The molecule has 0 aromatic heterocycles. The largest absolute Gasteiger partial charge is 0.507 e. The van der Waals surface area contributed by atoms with Crippen molar-refractivity contribution in [3.8, 4) is 5.75 Å². The molecule has 0 radical (unpaired) electrons. The normalized spacial score (nSPS) is 10.7. The molecule has 118 valence electrons. The standard InChI is InChI=1S/C14H12N4O5/c1-16(15-9-10-4-2-3-5-14(10)19)12-7-6-11(17(20)21)8-13(12)18(22)23/h2-9,19H,1H3/b15-9+. The summed E-state index contributed by atoms with van der Waals surface area (Å²) in [6.45, 7) is 0. The Morgan fingerprint density at radius 2 is 1.83 bits per heavy atom. The Balaban J connectivity index is 2.35. The van der Waals surface area contributed by atoms with E-state index in [9.17, 15) is 25.3 Å². The SMILES string of the molecule is CN(/N=C/c1ccccc1O)c1ccc([N+](=O)[O-])cc1[N+](=O)[O-]. The number of nitrogens with zero attached hydrogens (tertiary/aromatic N) is 4. The molecule has 0 unspecified atom stereocenters. The fourth-order valence-corrected chi connectivity index (χ4v) is 1.85. The van der Waals surface area contributed by atoms with Crippen LogP contribution in [0.1, 0.15) is 5.56 Å². The zero-order valence-corrected chi connectivity index (χ0v) is 12.0. The topological polar surface area (TPSA) is 122 Å². The van der Waals surface area contributed by atoms with Gasteiger partial charge in [0.05, 0.1) is 22.1 Å². The highest BCUT2D eigenvalue weighted by atomic mass is 16.6. The van der Waals surface area contributed by atoms with Crippen molar-refractivity contribution in [2.75, 3.05) is 12.1 Å². The van der Waals surface area contributed by atoms with Crippen molar-refractivity contribution in [3.63, 3.8) is 0 Å². The summed E-state index contributed by atoms with van der Waals surface area (Å²) >= 11 is 0. The molecule has 0 aliphatic rings. The maximum atomic E-state index is 11.1. The lowest BCUT2D eigenvalue weighted by atomic mass is 10.2. The Hall–Kier alpha value is -3.49. The highest BCUT2D eigenvalue weighted by Gasteiger charge is 2.21. The van der Waals surface area contributed by atoms with Gasteiger partial charge in [-0.25, -0.2) is 0 Å². The lowest BCUT2D eigenvalue weighted by Gasteiger charge is -2.12. The van der Waals surface area contributed by atoms with Crippen LogP contribution >= 0.6 is 0 Å². The van der Waals surface area contributed by atoms with Gasteiger partial charge in [0.15, 0.2) is 0 Å². The highest BCUT2D eigenvalue weighted by Crippen LogP contribution is 2.31. The van der Waals surface area contributed by atoms with Gasteiger partial charge in [0.2, 0.25) is 0 Å². The molecule has 0 saturated carbocycles. The van der Waals surface area contributed by atoms with Crippen LogP contribution in [0, 0.1) is 20.2 Å². The van der Waals surface area contributed by atoms with E-state index in [0.717, 1.165) is 12.1 Å². The van der Waals surface area contributed by atoms with Gasteiger partial charge in [-0.05, 0) is 18.2 Å². The molecule has 2 rings (SSSR count). The summed E-state index contributed by atoms with van der Waals surface area (Å²) in [7, 11) is 1.46. The van der Waals surface area contributed by atoms with Gasteiger partial charge in [-0.3, -0.25) is 25.2 Å². The first-order valence-electron chi connectivity index (χ1n) is 6.38. The summed E-state index contributed by atoms with van der Waals surface area (Å²) in [5.74, 6) is 0.0165. The lowest BCUT2D eigenvalue weighted by molar-refractivity contribution is -0.393. The molecule has 0 heterocycles. The molecule has 0 fully saturated rings. The first-order chi connectivity index (χ1) is 10.9. The van der Waals surface area contributed by atoms with Crippen LogP contribution in [0.4, 0.5) is 17.1 Å². The minimum absolute atomic E-state index is 0.0165. The third kappa shape index (κ3) is 3.59. The molecule has 0 bridgehead atoms. The number of para-hydroxylation sites is 1. The van der Waals surface area contributed by atoms with Crippen LogP contribution < -0.4 is 5.01 Å². The predicted molar refractivity (Wildman–Crippen MR) is 83.9 cm³/mol. The van der Waals surface area contributed by atoms with Gasteiger partial charge < -0.3 is 5.11 Å². The molecule has 23 heavy (non-hydrogen) atoms. The van der Waals surface area contributed by atoms with E-state index in [0.29, 0.717) is 5.56 Å². The summed E-state index contributed by atoms with van der Waals surface area (Å²) in [5, 5.41) is 36.7. The Morgan fingerprint density at radius 3 is 2.43 bits per heavy atom. The second-order valence-electron chi connectivity index (χ2n) is 4.51. The third-order valence-corrected chi connectivity index (χ3v) is 3.02. The average Bonchev–Trinajstić information content (AvgIpc) is 2.53. The molecule has 0 spiro atoms. The Kier molecular flexibility index (Phi) is 4.50. The van der Waals surface area contributed by atoms with Crippen LogP contribution in [0.5, 0.6) is 5.75 Å². The number of nitro groups is 2. The van der Waals surface area contributed by atoms with E-state index in [1.165, 1.54) is 30.4 Å². The second kappa shape index (κ2) is 6.52. The maximum absolute atomic E-state index is 11.1. The van der Waals surface area contributed by atoms with Gasteiger partial charge in [-0.15, -0.1) is 0 Å². The molecule has 0 aliphatic carbocycles. The van der Waals surface area contributed by atoms with Gasteiger partial charge in [-0.2, -0.15) is 5.10 Å². The Morgan fingerprint density at radius 1 is 1.13 bits per heavy atom. The maximum Gasteiger partial charge on any atom is 0.301 e. The molecule has 0 atom stereocenters. The zero-order chi connectivity index (χ0) is 17.0. The molecule has 2 aromatic carbocycles. The van der Waals surface area contributed by atoms with Crippen LogP contribution in [0.2, 0.25) is 0 Å². The van der Waals surface area contributed by atoms with E-state index >= 15 is 0 Å². The number of hydrazone groups is 1. The minimum atomic E-state index is -0.714. The smallest absolute Gasteiger partial charge is 0.301 e. The summed E-state index contributed by atoms with van der Waals surface area (Å²) < 4.78 is 0. The van der Waals surface area contributed by atoms with E-state index < -0.39 is 15.5 Å². The number of non-ortho nitro benzene ring substituents is 1. The van der Waals surface area contributed by atoms with Crippen molar-refractivity contribution < 1.29 is 15.0 Å². The first kappa shape index (κ1) is 15.9. The molecular formula is C14H12N4O5. The number of benzene rings is 2. The molecule has 9 heteroatoms. The number of anilines is 1. The van der Waals surface area contributed by atoms with Gasteiger partial charge in [0.25, 0.3) is 5.69 Å². The van der Waals surface area contributed by atoms with Crippen LogP contribution in [0.3, 0.4) is 0 Å². The number of aromatic hydroxyl groups is 1. The summed E-state index contributed by atoms with van der Waals surface area (Å²) in [6, 6.07) is 9.74. The third-order valence-electron chi connectivity index (χ3n) is 3.02. The van der Waals surface area contributed by atoms with E-state index in [1.807, 2.05) is 0 Å². The van der Waals surface area contributed by atoms with Crippen molar-refractivity contribution >= 4 is 23.3 Å². The number of hydrogen-bond acceptors (Lipinski definition) is 7. The van der Waals surface area contributed by atoms with E-state index in [1.54, 1.807) is 18.2 Å². The van der Waals surface area contributed by atoms with Gasteiger partial charge in [-0.1, -0.05) is 12.1 Å². The molecule has 0 saturated heterocycles. The Labute approximate surface area is 130 Å². The number of phenols is 1. The molecule has 1 N–H and O–H groups in total. The van der Waals surface area contributed by atoms with E-state index in [2.05, 4.69) is 5.10 Å².